The Kier molecular flexibility index (Phi) is 7.49. The monoisotopic (exact) mass is 372 g/mol. The van der Waals surface area contributed by atoms with Crippen molar-refractivity contribution in [3.63, 3.8) is 0 Å². The Morgan fingerprint density at radius 3 is 2.37 bits per heavy atom. The quantitative estimate of drug-likeness (QED) is 0.541. The van der Waals surface area contributed by atoms with Crippen molar-refractivity contribution in [2.75, 3.05) is 20.8 Å². The summed E-state index contributed by atoms with van der Waals surface area (Å²) in [6, 6.07) is 12.5. The SMILES string of the molecule is COc1ccccc1OCC(=O)N/N=C\c1cccc(OC)c1OC(C)C. The Morgan fingerprint density at radius 2 is 1.70 bits per heavy atom. The highest BCUT2D eigenvalue weighted by Crippen LogP contribution is 2.31. The first-order valence-corrected chi connectivity index (χ1v) is 8.46. The minimum atomic E-state index is -0.397. The molecule has 7 nitrogen and oxygen atoms in total. The van der Waals surface area contributed by atoms with Gasteiger partial charge in [0.1, 0.15) is 0 Å². The molecule has 0 unspecified atom stereocenters. The maximum absolute atomic E-state index is 11.9. The lowest BCUT2D eigenvalue weighted by Gasteiger charge is -2.15. The number of nitrogens with one attached hydrogen (secondary N) is 1. The molecule has 144 valence electrons. The summed E-state index contributed by atoms with van der Waals surface area (Å²) in [5, 5.41) is 3.97. The Balaban J connectivity index is 1.97. The highest BCUT2D eigenvalue weighted by atomic mass is 16.5. The highest BCUT2D eigenvalue weighted by Gasteiger charge is 2.11. The number of hydrogen-bond acceptors (Lipinski definition) is 6. The van der Waals surface area contributed by atoms with Crippen molar-refractivity contribution in [3.8, 4) is 23.0 Å². The van der Waals surface area contributed by atoms with Crippen molar-refractivity contribution in [2.24, 2.45) is 5.10 Å². The molecular weight excluding hydrogens is 348 g/mol. The minimum Gasteiger partial charge on any atom is -0.493 e. The Bertz CT molecular complexity index is 790. The van der Waals surface area contributed by atoms with Crippen LogP contribution in [0.15, 0.2) is 47.6 Å². The molecule has 0 aliphatic rings. The van der Waals surface area contributed by atoms with E-state index in [2.05, 4.69) is 10.5 Å². The van der Waals surface area contributed by atoms with Crippen LogP contribution in [-0.2, 0) is 4.79 Å². The van der Waals surface area contributed by atoms with E-state index in [1.54, 1.807) is 31.4 Å². The number of carbonyl (C=O) groups excluding carboxylic acids is 1. The van der Waals surface area contributed by atoms with Gasteiger partial charge in [-0.3, -0.25) is 4.79 Å². The fourth-order valence-corrected chi connectivity index (χ4v) is 2.24. The third-order valence-electron chi connectivity index (χ3n) is 3.40. The molecule has 0 heterocycles. The van der Waals surface area contributed by atoms with Gasteiger partial charge in [-0.2, -0.15) is 5.10 Å². The van der Waals surface area contributed by atoms with Gasteiger partial charge in [-0.15, -0.1) is 0 Å². The zero-order chi connectivity index (χ0) is 19.6. The van der Waals surface area contributed by atoms with Crippen LogP contribution in [0.4, 0.5) is 0 Å². The van der Waals surface area contributed by atoms with E-state index < -0.39 is 5.91 Å². The second kappa shape index (κ2) is 10.1. The van der Waals surface area contributed by atoms with Gasteiger partial charge in [0.15, 0.2) is 29.6 Å². The third kappa shape index (κ3) is 5.91. The van der Waals surface area contributed by atoms with E-state index in [4.69, 9.17) is 18.9 Å². The average Bonchev–Trinajstić information content (AvgIpc) is 2.67. The number of hydrazone groups is 1. The van der Waals surface area contributed by atoms with Gasteiger partial charge in [-0.25, -0.2) is 5.43 Å². The Hall–Kier alpha value is -3.22. The minimum absolute atomic E-state index is 0.0303. The molecule has 2 rings (SSSR count). The molecule has 7 heteroatoms. The fourth-order valence-electron chi connectivity index (χ4n) is 2.24. The molecule has 0 aliphatic heterocycles. The van der Waals surface area contributed by atoms with Crippen LogP contribution in [0.5, 0.6) is 23.0 Å². The van der Waals surface area contributed by atoms with E-state index in [0.29, 0.717) is 28.6 Å². The zero-order valence-electron chi connectivity index (χ0n) is 15.9. The molecule has 2 aromatic rings. The number of nitrogens with zero attached hydrogens (tertiary/aromatic N) is 1. The molecule has 0 saturated heterocycles. The molecule has 0 saturated carbocycles. The molecule has 0 bridgehead atoms. The summed E-state index contributed by atoms with van der Waals surface area (Å²) in [6.07, 6.45) is 1.47. The normalized spacial score (nSPS) is 10.7. The number of hydrogen-bond donors (Lipinski definition) is 1. The predicted octanol–water partition coefficient (Wildman–Crippen LogP) is 3.02. The van der Waals surface area contributed by atoms with Gasteiger partial charge < -0.3 is 18.9 Å². The van der Waals surface area contributed by atoms with Gasteiger partial charge in [0.2, 0.25) is 0 Å². The standard InChI is InChI=1S/C20H24N2O5/c1-14(2)27-20-15(8-7-11-18(20)25-4)12-21-22-19(23)13-26-17-10-6-5-9-16(17)24-3/h5-12,14H,13H2,1-4H3,(H,22,23)/b21-12-. The fraction of sp³-hybridized carbons (Fsp3) is 0.300. The maximum atomic E-state index is 11.9. The Labute approximate surface area is 158 Å². The number of benzene rings is 2. The first-order chi connectivity index (χ1) is 13.0. The summed E-state index contributed by atoms with van der Waals surface area (Å²) in [5.74, 6) is 1.81. The van der Waals surface area contributed by atoms with Crippen molar-refractivity contribution in [2.45, 2.75) is 20.0 Å². The predicted molar refractivity (Wildman–Crippen MR) is 103 cm³/mol. The second-order valence-electron chi connectivity index (χ2n) is 5.78. The summed E-state index contributed by atoms with van der Waals surface area (Å²) < 4.78 is 21.7. The molecule has 1 N–H and O–H groups in total. The highest BCUT2D eigenvalue weighted by molar-refractivity contribution is 5.86. The van der Waals surface area contributed by atoms with Gasteiger partial charge in [0, 0.05) is 5.56 Å². The third-order valence-corrected chi connectivity index (χ3v) is 3.40. The van der Waals surface area contributed by atoms with Crippen molar-refractivity contribution >= 4 is 12.1 Å². The number of ether oxygens (including phenoxy) is 4. The van der Waals surface area contributed by atoms with Crippen LogP contribution in [0, 0.1) is 0 Å². The van der Waals surface area contributed by atoms with Crippen molar-refractivity contribution in [1.82, 2.24) is 5.43 Å². The van der Waals surface area contributed by atoms with Gasteiger partial charge in [-0.05, 0) is 38.1 Å². The number of amides is 1. The van der Waals surface area contributed by atoms with Crippen LogP contribution in [0.25, 0.3) is 0 Å². The number of para-hydroxylation sites is 3. The van der Waals surface area contributed by atoms with Gasteiger partial charge in [0.25, 0.3) is 5.91 Å². The van der Waals surface area contributed by atoms with Gasteiger partial charge in [0.05, 0.1) is 26.5 Å². The van der Waals surface area contributed by atoms with E-state index in [9.17, 15) is 4.79 Å². The van der Waals surface area contributed by atoms with E-state index in [0.717, 1.165) is 0 Å². The molecule has 0 aromatic heterocycles. The molecule has 0 spiro atoms. The molecule has 2 aromatic carbocycles. The summed E-state index contributed by atoms with van der Waals surface area (Å²) in [6.45, 7) is 3.65. The average molecular weight is 372 g/mol. The van der Waals surface area contributed by atoms with Crippen LogP contribution in [-0.4, -0.2) is 39.1 Å². The lowest BCUT2D eigenvalue weighted by molar-refractivity contribution is -0.123. The van der Waals surface area contributed by atoms with E-state index >= 15 is 0 Å². The maximum Gasteiger partial charge on any atom is 0.277 e. The van der Waals surface area contributed by atoms with Crippen molar-refractivity contribution in [1.29, 1.82) is 0 Å². The summed E-state index contributed by atoms with van der Waals surface area (Å²) in [4.78, 5) is 11.9. The summed E-state index contributed by atoms with van der Waals surface area (Å²) in [7, 11) is 3.11. The first kappa shape index (κ1) is 20.1. The molecule has 1 amide bonds. The van der Waals surface area contributed by atoms with E-state index in [1.807, 2.05) is 32.0 Å². The number of carbonyl (C=O) groups is 1. The lowest BCUT2D eigenvalue weighted by atomic mass is 10.2. The molecule has 27 heavy (non-hydrogen) atoms. The number of rotatable bonds is 9. The van der Waals surface area contributed by atoms with Crippen LogP contribution < -0.4 is 24.4 Å². The Morgan fingerprint density at radius 1 is 1.04 bits per heavy atom. The van der Waals surface area contributed by atoms with Crippen LogP contribution >= 0.6 is 0 Å². The van der Waals surface area contributed by atoms with E-state index in [1.165, 1.54) is 13.3 Å². The summed E-state index contributed by atoms with van der Waals surface area (Å²) in [5.41, 5.74) is 3.11. The molecule has 0 fully saturated rings. The largest absolute Gasteiger partial charge is 0.493 e. The van der Waals surface area contributed by atoms with Gasteiger partial charge >= 0.3 is 0 Å². The summed E-state index contributed by atoms with van der Waals surface area (Å²) >= 11 is 0. The van der Waals surface area contributed by atoms with Crippen LogP contribution in [0.3, 0.4) is 0 Å². The van der Waals surface area contributed by atoms with Crippen molar-refractivity contribution in [3.05, 3.63) is 48.0 Å². The molecular formula is C20H24N2O5. The second-order valence-corrected chi connectivity index (χ2v) is 5.78. The molecule has 0 aliphatic carbocycles. The number of methoxy groups -OCH3 is 2. The van der Waals surface area contributed by atoms with Gasteiger partial charge in [-0.1, -0.05) is 18.2 Å². The first-order valence-electron chi connectivity index (χ1n) is 8.46. The zero-order valence-corrected chi connectivity index (χ0v) is 15.9. The molecule has 0 radical (unpaired) electrons. The molecule has 0 atom stereocenters. The van der Waals surface area contributed by atoms with E-state index in [-0.39, 0.29) is 12.7 Å². The smallest absolute Gasteiger partial charge is 0.277 e. The van der Waals surface area contributed by atoms with Crippen LogP contribution in [0.2, 0.25) is 0 Å². The lowest BCUT2D eigenvalue weighted by Crippen LogP contribution is -2.24. The topological polar surface area (TPSA) is 78.4 Å². The van der Waals surface area contributed by atoms with Crippen molar-refractivity contribution < 1.29 is 23.7 Å². The van der Waals surface area contributed by atoms with Crippen LogP contribution in [0.1, 0.15) is 19.4 Å².